The quantitative estimate of drug-likeness (QED) is 0.677. The van der Waals surface area contributed by atoms with E-state index in [0.717, 1.165) is 10.5 Å². The van der Waals surface area contributed by atoms with Crippen molar-refractivity contribution in [1.82, 2.24) is 0 Å². The summed E-state index contributed by atoms with van der Waals surface area (Å²) in [6, 6.07) is 13.3. The Morgan fingerprint density at radius 1 is 1.16 bits per heavy atom. The Kier molecular flexibility index (Phi) is 3.98. The molecule has 0 aromatic heterocycles. The van der Waals surface area contributed by atoms with Gasteiger partial charge in [-0.2, -0.15) is 5.26 Å². The first-order valence-electron chi connectivity index (χ1n) is 5.77. The molecule has 0 bridgehead atoms. The molecule has 2 aromatic rings. The summed E-state index contributed by atoms with van der Waals surface area (Å²) in [4.78, 5) is 0.895. The smallest absolute Gasteiger partial charge is 0.150 e. The van der Waals surface area contributed by atoms with Gasteiger partial charge >= 0.3 is 0 Å². The molecule has 0 radical (unpaired) electrons. The third kappa shape index (κ3) is 2.67. The second-order valence-corrected chi connectivity index (χ2v) is 4.88. The van der Waals surface area contributed by atoms with Gasteiger partial charge in [0, 0.05) is 4.90 Å². The van der Waals surface area contributed by atoms with Gasteiger partial charge in [-0.3, -0.25) is 0 Å². The molecular weight excluding hydrogens is 256 g/mol. The van der Waals surface area contributed by atoms with Crippen LogP contribution in [0.25, 0.3) is 0 Å². The van der Waals surface area contributed by atoms with Crippen LogP contribution in [0.2, 0.25) is 0 Å². The summed E-state index contributed by atoms with van der Waals surface area (Å²) < 4.78 is 5.79. The number of hydrogen-bond acceptors (Lipinski definition) is 4. The Morgan fingerprint density at radius 2 is 1.84 bits per heavy atom. The van der Waals surface area contributed by atoms with Gasteiger partial charge in [-0.15, -0.1) is 11.8 Å². The molecule has 3 nitrogen and oxygen atoms in total. The number of rotatable bonds is 3. The predicted octanol–water partition coefficient (Wildman–Crippen LogP) is 3.96. The number of aryl methyl sites for hydroxylation is 1. The summed E-state index contributed by atoms with van der Waals surface area (Å²) >= 11 is 1.52. The summed E-state index contributed by atoms with van der Waals surface area (Å²) in [5, 5.41) is 9.26. The fraction of sp³-hybridized carbons (Fsp3) is 0.133. The molecule has 0 aliphatic heterocycles. The van der Waals surface area contributed by atoms with E-state index in [0.29, 0.717) is 22.7 Å². The summed E-state index contributed by atoms with van der Waals surface area (Å²) in [7, 11) is 0. The van der Waals surface area contributed by atoms with Crippen LogP contribution >= 0.6 is 11.8 Å². The zero-order valence-electron chi connectivity index (χ0n) is 10.8. The van der Waals surface area contributed by atoms with E-state index in [1.54, 1.807) is 12.1 Å². The van der Waals surface area contributed by atoms with Crippen LogP contribution in [0.5, 0.6) is 11.5 Å². The highest BCUT2D eigenvalue weighted by molar-refractivity contribution is 7.98. The van der Waals surface area contributed by atoms with E-state index in [1.165, 1.54) is 11.8 Å². The predicted molar refractivity (Wildman–Crippen MR) is 78.6 cm³/mol. The van der Waals surface area contributed by atoms with Crippen LogP contribution in [-0.2, 0) is 0 Å². The molecule has 19 heavy (non-hydrogen) atoms. The van der Waals surface area contributed by atoms with Crippen molar-refractivity contribution < 1.29 is 4.74 Å². The minimum atomic E-state index is 0.534. The monoisotopic (exact) mass is 270 g/mol. The second-order valence-electron chi connectivity index (χ2n) is 4.03. The summed E-state index contributed by atoms with van der Waals surface area (Å²) in [6.45, 7) is 1.92. The number of nitrogens with zero attached hydrogens (tertiary/aromatic N) is 1. The third-order valence-corrected chi connectivity index (χ3v) is 3.60. The van der Waals surface area contributed by atoms with E-state index in [1.807, 2.05) is 37.4 Å². The van der Waals surface area contributed by atoms with E-state index < -0.39 is 0 Å². The van der Waals surface area contributed by atoms with Crippen molar-refractivity contribution in [3.8, 4) is 17.6 Å². The number of para-hydroxylation sites is 1. The van der Waals surface area contributed by atoms with Crippen molar-refractivity contribution in [2.24, 2.45) is 0 Å². The lowest BCUT2D eigenvalue weighted by molar-refractivity contribution is 0.481. The highest BCUT2D eigenvalue weighted by atomic mass is 32.2. The van der Waals surface area contributed by atoms with E-state index in [9.17, 15) is 5.26 Å². The van der Waals surface area contributed by atoms with E-state index in [4.69, 9.17) is 10.5 Å². The van der Waals surface area contributed by atoms with E-state index in [-0.39, 0.29) is 0 Å². The second kappa shape index (κ2) is 5.68. The Balaban J connectivity index is 2.44. The molecule has 0 heterocycles. The van der Waals surface area contributed by atoms with Gasteiger partial charge in [0.2, 0.25) is 0 Å². The molecule has 4 heteroatoms. The van der Waals surface area contributed by atoms with Crippen LogP contribution in [0.15, 0.2) is 41.3 Å². The number of nitrogens with two attached hydrogens (primary N) is 1. The molecular formula is C15H14N2OS. The standard InChI is InChI=1S/C15H14N2OS/c1-10-5-3-7-13(15(10)17)18-12-6-4-8-14(19-2)11(12)9-16/h3-8H,17H2,1-2H3. The number of nitrogen functional groups attached to an aromatic ring is 1. The normalized spacial score (nSPS) is 9.95. The van der Waals surface area contributed by atoms with Crippen molar-refractivity contribution in [3.63, 3.8) is 0 Å². The van der Waals surface area contributed by atoms with Crippen LogP contribution in [-0.4, -0.2) is 6.26 Å². The molecule has 0 aliphatic carbocycles. The highest BCUT2D eigenvalue weighted by Crippen LogP contribution is 2.34. The Bertz CT molecular complexity index is 647. The molecule has 2 aromatic carbocycles. The summed E-state index contributed by atoms with van der Waals surface area (Å²) in [6.07, 6.45) is 1.93. The Hall–Kier alpha value is -2.12. The zero-order chi connectivity index (χ0) is 13.8. The number of hydrogen-bond donors (Lipinski definition) is 1. The number of anilines is 1. The van der Waals surface area contributed by atoms with Gasteiger partial charge in [0.15, 0.2) is 5.75 Å². The molecule has 0 saturated carbocycles. The maximum absolute atomic E-state index is 9.26. The Labute approximate surface area is 117 Å². The molecule has 2 rings (SSSR count). The average molecular weight is 270 g/mol. The maximum atomic E-state index is 9.26. The molecule has 0 atom stereocenters. The molecule has 96 valence electrons. The number of ether oxygens (including phenoxy) is 1. The minimum Gasteiger partial charge on any atom is -0.454 e. The van der Waals surface area contributed by atoms with Crippen molar-refractivity contribution in [2.45, 2.75) is 11.8 Å². The minimum absolute atomic E-state index is 0.534. The molecule has 0 aliphatic rings. The molecule has 0 unspecified atom stereocenters. The van der Waals surface area contributed by atoms with E-state index in [2.05, 4.69) is 6.07 Å². The van der Waals surface area contributed by atoms with E-state index >= 15 is 0 Å². The van der Waals surface area contributed by atoms with Crippen molar-refractivity contribution >= 4 is 17.4 Å². The third-order valence-electron chi connectivity index (χ3n) is 2.82. The number of thioether (sulfide) groups is 1. The lowest BCUT2D eigenvalue weighted by atomic mass is 10.2. The largest absolute Gasteiger partial charge is 0.454 e. The molecule has 0 fully saturated rings. The van der Waals surface area contributed by atoms with Gasteiger partial charge in [0.05, 0.1) is 5.69 Å². The molecule has 0 amide bonds. The lowest BCUT2D eigenvalue weighted by Gasteiger charge is -2.12. The average Bonchev–Trinajstić information content (AvgIpc) is 2.43. The number of nitriles is 1. The van der Waals surface area contributed by atoms with Crippen LogP contribution in [0.4, 0.5) is 5.69 Å². The van der Waals surface area contributed by atoms with Crippen LogP contribution in [0.1, 0.15) is 11.1 Å². The zero-order valence-corrected chi connectivity index (χ0v) is 11.6. The van der Waals surface area contributed by atoms with Crippen molar-refractivity contribution in [2.75, 3.05) is 12.0 Å². The lowest BCUT2D eigenvalue weighted by Crippen LogP contribution is -1.96. The number of benzene rings is 2. The van der Waals surface area contributed by atoms with Crippen molar-refractivity contribution in [1.29, 1.82) is 5.26 Å². The van der Waals surface area contributed by atoms with Crippen molar-refractivity contribution in [3.05, 3.63) is 47.5 Å². The van der Waals surface area contributed by atoms with Gasteiger partial charge in [-0.1, -0.05) is 18.2 Å². The maximum Gasteiger partial charge on any atom is 0.150 e. The van der Waals surface area contributed by atoms with Gasteiger partial charge in [-0.25, -0.2) is 0 Å². The van der Waals surface area contributed by atoms with Gasteiger partial charge in [0.1, 0.15) is 17.4 Å². The summed E-state index contributed by atoms with van der Waals surface area (Å²) in [5.41, 5.74) is 8.07. The molecule has 2 N–H and O–H groups in total. The topological polar surface area (TPSA) is 59.0 Å². The van der Waals surface area contributed by atoms with Gasteiger partial charge < -0.3 is 10.5 Å². The fourth-order valence-electron chi connectivity index (χ4n) is 1.74. The first kappa shape index (κ1) is 13.3. The van der Waals surface area contributed by atoms with Gasteiger partial charge in [0.25, 0.3) is 0 Å². The summed E-state index contributed by atoms with van der Waals surface area (Å²) in [5.74, 6) is 1.11. The fourth-order valence-corrected chi connectivity index (χ4v) is 2.30. The van der Waals surface area contributed by atoms with Crippen LogP contribution in [0, 0.1) is 18.3 Å². The first-order valence-corrected chi connectivity index (χ1v) is 7.00. The molecule has 0 saturated heterocycles. The Morgan fingerprint density at radius 3 is 2.53 bits per heavy atom. The van der Waals surface area contributed by atoms with Crippen LogP contribution < -0.4 is 10.5 Å². The highest BCUT2D eigenvalue weighted by Gasteiger charge is 2.11. The van der Waals surface area contributed by atoms with Gasteiger partial charge in [-0.05, 0) is 36.9 Å². The SMILES string of the molecule is CSc1cccc(Oc2cccc(C)c2N)c1C#N. The first-order chi connectivity index (χ1) is 9.17. The van der Waals surface area contributed by atoms with Crippen LogP contribution in [0.3, 0.4) is 0 Å². The molecule has 0 spiro atoms.